The first-order valence-electron chi connectivity index (χ1n) is 3.75. The molecule has 0 N–H and O–H groups in total. The second-order valence-corrected chi connectivity index (χ2v) is 3.62. The average Bonchev–Trinajstić information content (AvgIpc) is 1.95. The average molecular weight is 238 g/mol. The summed E-state index contributed by atoms with van der Waals surface area (Å²) in [6, 6.07) is 0. The fourth-order valence-electron chi connectivity index (χ4n) is 1.41. The van der Waals surface area contributed by atoms with Crippen LogP contribution in [0.3, 0.4) is 0 Å². The van der Waals surface area contributed by atoms with E-state index in [1.807, 2.05) is 0 Å². The van der Waals surface area contributed by atoms with Crippen LogP contribution >= 0.6 is 0 Å². The molecule has 1 aliphatic carbocycles. The largest absolute Gasteiger partial charge is 0.263 e. The van der Waals surface area contributed by atoms with E-state index >= 15 is 0 Å². The smallest absolute Gasteiger partial charge is 0 e. The van der Waals surface area contributed by atoms with Crippen molar-refractivity contribution < 1.29 is 19.5 Å². The van der Waals surface area contributed by atoms with E-state index in [9.17, 15) is 0 Å². The minimum Gasteiger partial charge on any atom is -0.263 e. The van der Waals surface area contributed by atoms with Gasteiger partial charge >= 0.3 is 0 Å². The van der Waals surface area contributed by atoms with Gasteiger partial charge in [-0.05, 0) is 0 Å². The van der Waals surface area contributed by atoms with Crippen molar-refractivity contribution in [2.75, 3.05) is 0 Å². The molecule has 0 aromatic carbocycles. The van der Waals surface area contributed by atoms with Crippen LogP contribution in [0.1, 0.15) is 34.6 Å². The van der Waals surface area contributed by atoms with Gasteiger partial charge in [-0.15, -0.1) is 6.92 Å². The molecule has 0 unspecified atom stereocenters. The van der Waals surface area contributed by atoms with E-state index in [1.54, 1.807) is 0 Å². The summed E-state index contributed by atoms with van der Waals surface area (Å²) in [7, 11) is 0. The summed E-state index contributed by atoms with van der Waals surface area (Å²) in [6.45, 7) is 10.9. The van der Waals surface area contributed by atoms with Crippen LogP contribution in [0.15, 0.2) is 16.7 Å². The van der Waals surface area contributed by atoms with E-state index < -0.39 is 0 Å². The zero-order valence-electron chi connectivity index (χ0n) is 7.83. The van der Waals surface area contributed by atoms with Crippen LogP contribution in [0.4, 0.5) is 0 Å². The van der Waals surface area contributed by atoms with Gasteiger partial charge in [0.1, 0.15) is 0 Å². The Morgan fingerprint density at radius 2 is 1.55 bits per heavy atom. The Morgan fingerprint density at radius 3 is 1.64 bits per heavy atom. The molecule has 0 amide bonds. The molecule has 1 aliphatic rings. The van der Waals surface area contributed by atoms with Gasteiger partial charge in [0.25, 0.3) is 0 Å². The van der Waals surface area contributed by atoms with E-state index in [-0.39, 0.29) is 24.9 Å². The molecule has 0 saturated heterocycles. The van der Waals surface area contributed by atoms with Crippen LogP contribution in [-0.2, 0) is 19.5 Å². The Bertz CT molecular complexity index is 219. The van der Waals surface area contributed by atoms with E-state index in [4.69, 9.17) is 0 Å². The Hall–Kier alpha value is 0.103. The standard InChI is InChI=1S/C10H15.Rh/c1-7-6-10(4,5)9(3)8(7)2;/h1-5H3;/q-1;. The molecule has 1 rings (SSSR count). The van der Waals surface area contributed by atoms with E-state index in [2.05, 4.69) is 40.7 Å². The molecule has 0 bridgehead atoms. The molecule has 0 spiro atoms. The van der Waals surface area contributed by atoms with Crippen molar-refractivity contribution in [2.24, 2.45) is 5.41 Å². The van der Waals surface area contributed by atoms with E-state index in [0.717, 1.165) is 0 Å². The quantitative estimate of drug-likeness (QED) is 0.449. The summed E-state index contributed by atoms with van der Waals surface area (Å²) < 4.78 is 0. The Balaban J connectivity index is 0.000001000. The third-order valence-electron chi connectivity index (χ3n) is 2.56. The van der Waals surface area contributed by atoms with Gasteiger partial charge in [0.2, 0.25) is 0 Å². The molecule has 0 fully saturated rings. The van der Waals surface area contributed by atoms with Gasteiger partial charge in [0, 0.05) is 19.5 Å². The molecule has 0 heterocycles. The number of hydrogen-bond acceptors (Lipinski definition) is 0. The normalized spacial score (nSPS) is 21.4. The molecular formula is C10H15Rh-. The summed E-state index contributed by atoms with van der Waals surface area (Å²) in [5.74, 6) is 0. The summed E-state index contributed by atoms with van der Waals surface area (Å²) in [5.41, 5.74) is 4.39. The van der Waals surface area contributed by atoms with Gasteiger partial charge < -0.3 is 0 Å². The van der Waals surface area contributed by atoms with Gasteiger partial charge in [-0.3, -0.25) is 6.08 Å². The predicted molar refractivity (Wildman–Crippen MR) is 44.6 cm³/mol. The van der Waals surface area contributed by atoms with Crippen LogP contribution in [-0.4, -0.2) is 0 Å². The van der Waals surface area contributed by atoms with Crippen molar-refractivity contribution in [1.29, 1.82) is 0 Å². The van der Waals surface area contributed by atoms with Crippen LogP contribution in [0, 0.1) is 11.5 Å². The SMILES string of the molecule is CC1=[C-]C(C)(C)C(C)=C1C.[Rh]. The third kappa shape index (κ3) is 1.82. The molecule has 0 saturated carbocycles. The van der Waals surface area contributed by atoms with Crippen molar-refractivity contribution >= 4 is 0 Å². The van der Waals surface area contributed by atoms with Crippen LogP contribution in [0.5, 0.6) is 0 Å². The van der Waals surface area contributed by atoms with Crippen molar-refractivity contribution in [3.63, 3.8) is 0 Å². The molecule has 11 heavy (non-hydrogen) atoms. The number of rotatable bonds is 0. The minimum absolute atomic E-state index is 0. The second-order valence-electron chi connectivity index (χ2n) is 3.62. The summed E-state index contributed by atoms with van der Waals surface area (Å²) in [6.07, 6.45) is 3.44. The van der Waals surface area contributed by atoms with Crippen LogP contribution < -0.4 is 0 Å². The molecule has 0 aromatic heterocycles. The number of allylic oxidation sites excluding steroid dienone is 4. The van der Waals surface area contributed by atoms with Gasteiger partial charge in [0.15, 0.2) is 0 Å². The van der Waals surface area contributed by atoms with Crippen molar-refractivity contribution in [3.05, 3.63) is 22.8 Å². The molecule has 1 heteroatoms. The van der Waals surface area contributed by atoms with Crippen molar-refractivity contribution in [2.45, 2.75) is 34.6 Å². The van der Waals surface area contributed by atoms with Crippen molar-refractivity contribution in [1.82, 2.24) is 0 Å². The maximum atomic E-state index is 3.44. The molecule has 0 aromatic rings. The topological polar surface area (TPSA) is 0 Å². The van der Waals surface area contributed by atoms with Gasteiger partial charge in [-0.25, -0.2) is 5.57 Å². The maximum Gasteiger partial charge on any atom is 0 e. The predicted octanol–water partition coefficient (Wildman–Crippen LogP) is 3.11. The first-order valence-corrected chi connectivity index (χ1v) is 3.75. The molecule has 0 aliphatic heterocycles. The maximum absolute atomic E-state index is 3.44. The fraction of sp³-hybridized carbons (Fsp3) is 0.600. The van der Waals surface area contributed by atoms with Gasteiger partial charge in [-0.1, -0.05) is 33.1 Å². The Kier molecular flexibility index (Phi) is 3.26. The second kappa shape index (κ2) is 3.23. The minimum atomic E-state index is 0. The van der Waals surface area contributed by atoms with Crippen molar-refractivity contribution in [3.8, 4) is 0 Å². The summed E-state index contributed by atoms with van der Waals surface area (Å²) in [5, 5.41) is 0. The zero-order valence-corrected chi connectivity index (χ0v) is 9.47. The summed E-state index contributed by atoms with van der Waals surface area (Å²) >= 11 is 0. The third-order valence-corrected chi connectivity index (χ3v) is 2.56. The Morgan fingerprint density at radius 1 is 1.09 bits per heavy atom. The molecule has 0 nitrogen and oxygen atoms in total. The zero-order chi connectivity index (χ0) is 7.94. The monoisotopic (exact) mass is 238 g/mol. The molecule has 0 atom stereocenters. The van der Waals surface area contributed by atoms with Crippen LogP contribution in [0.2, 0.25) is 0 Å². The fourth-order valence-corrected chi connectivity index (χ4v) is 1.41. The van der Waals surface area contributed by atoms with E-state index in [1.165, 1.54) is 16.7 Å². The van der Waals surface area contributed by atoms with Gasteiger partial charge in [-0.2, -0.15) is 11.1 Å². The first kappa shape index (κ1) is 11.1. The molecule has 65 valence electrons. The molecule has 1 radical (unpaired) electrons. The first-order chi connectivity index (χ1) is 4.45. The van der Waals surface area contributed by atoms with Crippen LogP contribution in [0.25, 0.3) is 0 Å². The number of hydrogen-bond donors (Lipinski definition) is 0. The Labute approximate surface area is 82.5 Å². The summed E-state index contributed by atoms with van der Waals surface area (Å²) in [4.78, 5) is 0. The van der Waals surface area contributed by atoms with E-state index in [0.29, 0.717) is 0 Å². The van der Waals surface area contributed by atoms with Gasteiger partial charge in [0.05, 0.1) is 0 Å². The molecular weight excluding hydrogens is 223 g/mol.